The summed E-state index contributed by atoms with van der Waals surface area (Å²) in [5.41, 5.74) is 2.72. The molecule has 3 aromatic rings. The van der Waals surface area contributed by atoms with Gasteiger partial charge in [0.05, 0.1) is 11.9 Å². The number of imidazole rings is 1. The van der Waals surface area contributed by atoms with Gasteiger partial charge in [0.2, 0.25) is 5.91 Å². The van der Waals surface area contributed by atoms with Crippen LogP contribution in [0.15, 0.2) is 55.0 Å². The number of carbonyl (C=O) groups is 1. The van der Waals surface area contributed by atoms with Gasteiger partial charge in [-0.25, -0.2) is 4.98 Å². The molecule has 24 heavy (non-hydrogen) atoms. The Labute approximate surface area is 144 Å². The average Bonchev–Trinajstić information content (AvgIpc) is 3.22. The highest BCUT2D eigenvalue weighted by Gasteiger charge is 2.33. The highest BCUT2D eigenvalue weighted by atomic mass is 35.5. The number of aromatic amines is 1. The van der Waals surface area contributed by atoms with Gasteiger partial charge in [0.25, 0.3) is 0 Å². The first-order chi connectivity index (χ1) is 11.7. The SMILES string of the molecule is O=C1CC(c2ncc(-c3cccnc3)[nH]2)CN1c1cccc(Cl)c1. The van der Waals surface area contributed by atoms with E-state index in [0.717, 1.165) is 22.8 Å². The van der Waals surface area contributed by atoms with Gasteiger partial charge < -0.3 is 9.88 Å². The molecule has 0 radical (unpaired) electrons. The Hall–Kier alpha value is -2.66. The van der Waals surface area contributed by atoms with E-state index in [4.69, 9.17) is 11.6 Å². The number of hydrogen-bond acceptors (Lipinski definition) is 3. The number of amides is 1. The third kappa shape index (κ3) is 2.78. The predicted molar refractivity (Wildman–Crippen MR) is 93.0 cm³/mol. The van der Waals surface area contributed by atoms with Crippen LogP contribution in [0.2, 0.25) is 5.02 Å². The molecule has 1 atom stereocenters. The van der Waals surface area contributed by atoms with Crippen LogP contribution in [0, 0.1) is 0 Å². The van der Waals surface area contributed by atoms with E-state index in [0.29, 0.717) is 18.0 Å². The summed E-state index contributed by atoms with van der Waals surface area (Å²) in [5, 5.41) is 0.626. The van der Waals surface area contributed by atoms with Crippen LogP contribution in [-0.4, -0.2) is 27.4 Å². The fraction of sp³-hybridized carbons (Fsp3) is 0.167. The molecule has 1 fully saturated rings. The third-order valence-corrected chi connectivity index (χ3v) is 4.43. The molecule has 0 spiro atoms. The summed E-state index contributed by atoms with van der Waals surface area (Å²) in [6.45, 7) is 0.596. The van der Waals surface area contributed by atoms with Crippen LogP contribution < -0.4 is 4.90 Å². The lowest BCUT2D eigenvalue weighted by atomic mass is 10.1. The molecule has 1 aromatic carbocycles. The molecule has 1 amide bonds. The lowest BCUT2D eigenvalue weighted by Crippen LogP contribution is -2.24. The number of nitrogens with one attached hydrogen (secondary N) is 1. The number of rotatable bonds is 3. The number of halogens is 1. The van der Waals surface area contributed by atoms with Gasteiger partial charge in [-0.15, -0.1) is 0 Å². The molecule has 1 aliphatic rings. The maximum Gasteiger partial charge on any atom is 0.227 e. The minimum atomic E-state index is 0.0434. The van der Waals surface area contributed by atoms with Gasteiger partial charge in [0, 0.05) is 47.6 Å². The Morgan fingerprint density at radius 1 is 1.21 bits per heavy atom. The number of pyridine rings is 1. The van der Waals surface area contributed by atoms with E-state index >= 15 is 0 Å². The number of hydrogen-bond donors (Lipinski definition) is 1. The van der Waals surface area contributed by atoms with Crippen molar-refractivity contribution >= 4 is 23.2 Å². The monoisotopic (exact) mass is 338 g/mol. The zero-order chi connectivity index (χ0) is 16.5. The van der Waals surface area contributed by atoms with Gasteiger partial charge >= 0.3 is 0 Å². The molecule has 4 rings (SSSR count). The van der Waals surface area contributed by atoms with Crippen molar-refractivity contribution in [1.82, 2.24) is 15.0 Å². The van der Waals surface area contributed by atoms with Crippen LogP contribution in [0.3, 0.4) is 0 Å². The number of H-pyrrole nitrogens is 1. The molecule has 5 nitrogen and oxygen atoms in total. The van der Waals surface area contributed by atoms with Crippen LogP contribution in [0.25, 0.3) is 11.3 Å². The predicted octanol–water partition coefficient (Wildman–Crippen LogP) is 3.65. The van der Waals surface area contributed by atoms with Gasteiger partial charge in [-0.1, -0.05) is 17.7 Å². The lowest BCUT2D eigenvalue weighted by molar-refractivity contribution is -0.117. The number of benzene rings is 1. The Kier molecular flexibility index (Phi) is 3.78. The first kappa shape index (κ1) is 14.9. The molecule has 2 aromatic heterocycles. The van der Waals surface area contributed by atoms with Crippen molar-refractivity contribution in [3.63, 3.8) is 0 Å². The molecule has 1 N–H and O–H groups in total. The van der Waals surface area contributed by atoms with Crippen molar-refractivity contribution in [2.45, 2.75) is 12.3 Å². The summed E-state index contributed by atoms with van der Waals surface area (Å²) >= 11 is 6.03. The van der Waals surface area contributed by atoms with Crippen molar-refractivity contribution in [2.24, 2.45) is 0 Å². The molecule has 0 bridgehead atoms. The topological polar surface area (TPSA) is 61.9 Å². The number of aromatic nitrogens is 3. The van der Waals surface area contributed by atoms with E-state index in [1.54, 1.807) is 29.6 Å². The molecule has 120 valence electrons. The van der Waals surface area contributed by atoms with Crippen molar-refractivity contribution < 1.29 is 4.79 Å². The van der Waals surface area contributed by atoms with Crippen LogP contribution >= 0.6 is 11.6 Å². The Morgan fingerprint density at radius 2 is 2.12 bits per heavy atom. The van der Waals surface area contributed by atoms with E-state index in [9.17, 15) is 4.79 Å². The van der Waals surface area contributed by atoms with Crippen LogP contribution in [0.5, 0.6) is 0 Å². The second-order valence-corrected chi connectivity index (χ2v) is 6.25. The van der Waals surface area contributed by atoms with Gasteiger partial charge in [-0.2, -0.15) is 0 Å². The smallest absolute Gasteiger partial charge is 0.227 e. The minimum absolute atomic E-state index is 0.0434. The second-order valence-electron chi connectivity index (χ2n) is 5.81. The summed E-state index contributed by atoms with van der Waals surface area (Å²) in [4.78, 5) is 26.0. The van der Waals surface area contributed by atoms with E-state index in [2.05, 4.69) is 15.0 Å². The van der Waals surface area contributed by atoms with Crippen molar-refractivity contribution in [1.29, 1.82) is 0 Å². The molecule has 0 aliphatic carbocycles. The largest absolute Gasteiger partial charge is 0.342 e. The maximum atomic E-state index is 12.4. The Balaban J connectivity index is 1.56. The fourth-order valence-electron chi connectivity index (χ4n) is 3.00. The fourth-order valence-corrected chi connectivity index (χ4v) is 3.18. The van der Waals surface area contributed by atoms with E-state index in [1.165, 1.54) is 0 Å². The normalized spacial score (nSPS) is 17.5. The van der Waals surface area contributed by atoms with E-state index < -0.39 is 0 Å². The van der Waals surface area contributed by atoms with E-state index in [-0.39, 0.29) is 11.8 Å². The van der Waals surface area contributed by atoms with Gasteiger partial charge in [-0.05, 0) is 30.3 Å². The first-order valence-corrected chi connectivity index (χ1v) is 8.10. The van der Waals surface area contributed by atoms with Gasteiger partial charge in [-0.3, -0.25) is 9.78 Å². The van der Waals surface area contributed by atoms with Crippen LogP contribution in [0.4, 0.5) is 5.69 Å². The quantitative estimate of drug-likeness (QED) is 0.793. The molecule has 1 aliphatic heterocycles. The van der Waals surface area contributed by atoms with Crippen molar-refractivity contribution in [3.05, 3.63) is 65.8 Å². The number of anilines is 1. The highest BCUT2D eigenvalue weighted by molar-refractivity contribution is 6.30. The van der Waals surface area contributed by atoms with Crippen LogP contribution in [-0.2, 0) is 4.79 Å². The standard InChI is InChI=1S/C18H15ClN4O/c19-14-4-1-5-15(8-14)23-11-13(7-17(23)24)18-21-10-16(22-18)12-3-2-6-20-9-12/h1-6,8-10,13H,7,11H2,(H,21,22). The third-order valence-electron chi connectivity index (χ3n) is 4.20. The molecular weight excluding hydrogens is 324 g/mol. The maximum absolute atomic E-state index is 12.4. The van der Waals surface area contributed by atoms with Crippen LogP contribution in [0.1, 0.15) is 18.2 Å². The molecule has 6 heteroatoms. The Morgan fingerprint density at radius 3 is 2.92 bits per heavy atom. The van der Waals surface area contributed by atoms with Crippen molar-refractivity contribution in [2.75, 3.05) is 11.4 Å². The molecule has 1 saturated heterocycles. The average molecular weight is 339 g/mol. The summed E-state index contributed by atoms with van der Waals surface area (Å²) in [6.07, 6.45) is 5.75. The van der Waals surface area contributed by atoms with Crippen molar-refractivity contribution in [3.8, 4) is 11.3 Å². The summed E-state index contributed by atoms with van der Waals surface area (Å²) in [7, 11) is 0. The summed E-state index contributed by atoms with van der Waals surface area (Å²) < 4.78 is 0. The summed E-state index contributed by atoms with van der Waals surface area (Å²) in [5.74, 6) is 0.954. The molecular formula is C18H15ClN4O. The highest BCUT2D eigenvalue weighted by Crippen LogP contribution is 2.32. The molecule has 1 unspecified atom stereocenters. The van der Waals surface area contributed by atoms with E-state index in [1.807, 2.05) is 30.3 Å². The minimum Gasteiger partial charge on any atom is -0.342 e. The Bertz CT molecular complexity index is 877. The zero-order valence-electron chi connectivity index (χ0n) is 12.8. The van der Waals surface area contributed by atoms with Gasteiger partial charge in [0.15, 0.2) is 0 Å². The molecule has 0 saturated carbocycles. The molecule has 3 heterocycles. The number of nitrogens with zero attached hydrogens (tertiary/aromatic N) is 3. The van der Waals surface area contributed by atoms with Gasteiger partial charge in [0.1, 0.15) is 5.82 Å². The second kappa shape index (κ2) is 6.09. The number of carbonyl (C=O) groups excluding carboxylic acids is 1. The first-order valence-electron chi connectivity index (χ1n) is 7.72. The lowest BCUT2D eigenvalue weighted by Gasteiger charge is -2.16. The summed E-state index contributed by atoms with van der Waals surface area (Å²) in [6, 6.07) is 11.2. The zero-order valence-corrected chi connectivity index (χ0v) is 13.6.